The average molecular weight is 344 g/mol. The Morgan fingerprint density at radius 1 is 0.667 bits per heavy atom. The first-order valence-electron chi connectivity index (χ1n) is 5.07. The second-order valence-electron chi connectivity index (χ2n) is 4.35. The first-order chi connectivity index (χ1) is 8.90. The van der Waals surface area contributed by atoms with Crippen LogP contribution < -0.4 is 0 Å². The number of halogens is 12. The monoisotopic (exact) mass is 344 g/mol. The minimum atomic E-state index is -7.14. The van der Waals surface area contributed by atoms with E-state index < -0.39 is 48.9 Å². The highest BCUT2D eigenvalue weighted by Gasteiger charge is 2.82. The molecule has 0 aliphatic rings. The predicted molar refractivity (Wildman–Crippen MR) is 45.6 cm³/mol. The van der Waals surface area contributed by atoms with Crippen molar-refractivity contribution in [3.05, 3.63) is 0 Å². The summed E-state index contributed by atoms with van der Waals surface area (Å²) in [4.78, 5) is 0. The molecule has 128 valence electrons. The van der Waals surface area contributed by atoms with Gasteiger partial charge in [-0.1, -0.05) is 0 Å². The van der Waals surface area contributed by atoms with E-state index in [1.54, 1.807) is 0 Å². The summed E-state index contributed by atoms with van der Waals surface area (Å²) in [5.41, 5.74) is 0. The largest absolute Gasteiger partial charge is 0.384 e. The Labute approximate surface area is 110 Å². The molecule has 0 radical (unpaired) electrons. The van der Waals surface area contributed by atoms with Crippen LogP contribution in [0.25, 0.3) is 0 Å². The molecule has 0 amide bonds. The van der Waals surface area contributed by atoms with E-state index in [0.717, 1.165) is 0 Å². The lowest BCUT2D eigenvalue weighted by Gasteiger charge is -2.36. The van der Waals surface area contributed by atoms with Crippen LogP contribution in [-0.4, -0.2) is 36.0 Å². The Balaban J connectivity index is 5.52. The Bertz CT molecular complexity index is 352. The van der Waals surface area contributed by atoms with E-state index in [9.17, 15) is 52.7 Å². The van der Waals surface area contributed by atoms with Crippen LogP contribution in [0.5, 0.6) is 0 Å². The van der Waals surface area contributed by atoms with Crippen molar-refractivity contribution in [3.8, 4) is 0 Å². The predicted octanol–water partition coefficient (Wildman–Crippen LogP) is 5.23. The number of hydrogen-bond acceptors (Lipinski definition) is 0. The molecular formula is C9H8F12. The van der Waals surface area contributed by atoms with Gasteiger partial charge in [0.15, 0.2) is 0 Å². The van der Waals surface area contributed by atoms with E-state index >= 15 is 0 Å². The molecule has 12 heteroatoms. The van der Waals surface area contributed by atoms with Gasteiger partial charge in [-0.05, 0) is 6.92 Å². The summed E-state index contributed by atoms with van der Waals surface area (Å²) >= 11 is 0. The van der Waals surface area contributed by atoms with Crippen molar-refractivity contribution in [2.45, 2.75) is 55.8 Å². The van der Waals surface area contributed by atoms with Crippen molar-refractivity contribution in [1.29, 1.82) is 0 Å². The molecule has 0 heterocycles. The van der Waals surface area contributed by atoms with Crippen LogP contribution in [0.4, 0.5) is 52.7 Å². The Morgan fingerprint density at radius 3 is 1.33 bits per heavy atom. The lowest BCUT2D eigenvalue weighted by Crippen LogP contribution is -2.64. The summed E-state index contributed by atoms with van der Waals surface area (Å²) in [7, 11) is 0. The fourth-order valence-electron chi connectivity index (χ4n) is 1.11. The van der Waals surface area contributed by atoms with Crippen LogP contribution in [0.1, 0.15) is 19.8 Å². The van der Waals surface area contributed by atoms with Gasteiger partial charge in [-0.3, -0.25) is 0 Å². The van der Waals surface area contributed by atoms with Crippen molar-refractivity contribution >= 4 is 0 Å². The normalized spacial score (nSPS) is 15.7. The van der Waals surface area contributed by atoms with E-state index in [2.05, 4.69) is 0 Å². The van der Waals surface area contributed by atoms with Crippen molar-refractivity contribution in [2.24, 2.45) is 0 Å². The van der Waals surface area contributed by atoms with E-state index in [1.165, 1.54) is 0 Å². The summed E-state index contributed by atoms with van der Waals surface area (Å²) in [5.74, 6) is -30.9. The fourth-order valence-corrected chi connectivity index (χ4v) is 1.11. The summed E-state index contributed by atoms with van der Waals surface area (Å²) in [6, 6.07) is 0. The highest BCUT2D eigenvalue weighted by molar-refractivity contribution is 5.04. The smallest absolute Gasteiger partial charge is 0.207 e. The number of hydrogen-bond donors (Lipinski definition) is 0. The van der Waals surface area contributed by atoms with Gasteiger partial charge in [-0.25, -0.2) is 17.6 Å². The van der Waals surface area contributed by atoms with Gasteiger partial charge >= 0.3 is 30.1 Å². The Hall–Kier alpha value is -0.840. The third-order valence-electron chi connectivity index (χ3n) is 2.42. The molecule has 0 unspecified atom stereocenters. The van der Waals surface area contributed by atoms with Crippen molar-refractivity contribution < 1.29 is 52.7 Å². The lowest BCUT2D eigenvalue weighted by molar-refractivity contribution is -0.385. The van der Waals surface area contributed by atoms with Gasteiger partial charge in [0.25, 0.3) is 0 Å². The second kappa shape index (κ2) is 5.41. The molecule has 0 rings (SSSR count). The molecule has 0 saturated carbocycles. The lowest BCUT2D eigenvalue weighted by atomic mass is 9.95. The fraction of sp³-hybridized carbons (Fsp3) is 1.00. The highest BCUT2D eigenvalue weighted by atomic mass is 19.4. The molecular weight excluding hydrogens is 336 g/mol. The minimum Gasteiger partial charge on any atom is -0.207 e. The third kappa shape index (κ3) is 3.68. The summed E-state index contributed by atoms with van der Waals surface area (Å²) in [6.07, 6.45) is -9.99. The van der Waals surface area contributed by atoms with E-state index in [1.807, 2.05) is 0 Å². The van der Waals surface area contributed by atoms with Crippen molar-refractivity contribution in [2.75, 3.05) is 0 Å². The zero-order valence-corrected chi connectivity index (χ0v) is 10.0. The van der Waals surface area contributed by atoms with Crippen LogP contribution in [0.3, 0.4) is 0 Å². The third-order valence-corrected chi connectivity index (χ3v) is 2.42. The van der Waals surface area contributed by atoms with Crippen LogP contribution in [-0.2, 0) is 0 Å². The molecule has 0 N–H and O–H groups in total. The standard InChI is InChI=1S/C9H8F12/c1-5(12,13)2-3-6(14,15)8(18,19)9(20,21)7(16,17)4(10)11/h4H,2-3H2,1H3. The molecule has 0 saturated heterocycles. The summed E-state index contributed by atoms with van der Waals surface area (Å²) in [5, 5.41) is 0. The zero-order chi connectivity index (χ0) is 17.5. The molecule has 0 aromatic rings. The molecule has 0 aliphatic carbocycles. The molecule has 0 aliphatic heterocycles. The quantitative estimate of drug-likeness (QED) is 0.555. The van der Waals surface area contributed by atoms with Gasteiger partial charge in [0.1, 0.15) is 0 Å². The molecule has 0 aromatic heterocycles. The van der Waals surface area contributed by atoms with Gasteiger partial charge < -0.3 is 0 Å². The Morgan fingerprint density at radius 2 is 1.05 bits per heavy atom. The van der Waals surface area contributed by atoms with E-state index in [-0.39, 0.29) is 6.92 Å². The number of rotatable bonds is 7. The topological polar surface area (TPSA) is 0 Å². The molecule has 0 spiro atoms. The van der Waals surface area contributed by atoms with Gasteiger partial charge in [-0.15, -0.1) is 0 Å². The molecule has 21 heavy (non-hydrogen) atoms. The molecule has 0 aromatic carbocycles. The van der Waals surface area contributed by atoms with Gasteiger partial charge in [0.2, 0.25) is 5.92 Å². The van der Waals surface area contributed by atoms with Crippen LogP contribution >= 0.6 is 0 Å². The van der Waals surface area contributed by atoms with Crippen LogP contribution in [0, 0.1) is 0 Å². The summed E-state index contributed by atoms with van der Waals surface area (Å²) in [6.45, 7) is -0.00682. The van der Waals surface area contributed by atoms with E-state index in [0.29, 0.717) is 0 Å². The molecule has 0 nitrogen and oxygen atoms in total. The maximum atomic E-state index is 12.9. The minimum absolute atomic E-state index is 0.00682. The summed E-state index contributed by atoms with van der Waals surface area (Å²) < 4.78 is 149. The highest BCUT2D eigenvalue weighted by Crippen LogP contribution is 2.55. The maximum absolute atomic E-state index is 12.9. The molecule has 0 atom stereocenters. The van der Waals surface area contributed by atoms with Crippen molar-refractivity contribution in [3.63, 3.8) is 0 Å². The maximum Gasteiger partial charge on any atom is 0.384 e. The van der Waals surface area contributed by atoms with E-state index in [4.69, 9.17) is 0 Å². The van der Waals surface area contributed by atoms with Crippen LogP contribution in [0.2, 0.25) is 0 Å². The average Bonchev–Trinajstić information content (AvgIpc) is 2.24. The van der Waals surface area contributed by atoms with Gasteiger partial charge in [0, 0.05) is 12.8 Å². The van der Waals surface area contributed by atoms with Crippen LogP contribution in [0.15, 0.2) is 0 Å². The Kier molecular flexibility index (Phi) is 5.20. The van der Waals surface area contributed by atoms with Gasteiger partial charge in [-0.2, -0.15) is 35.1 Å². The van der Waals surface area contributed by atoms with Crippen molar-refractivity contribution in [1.82, 2.24) is 0 Å². The SMILES string of the molecule is CC(F)(F)CCC(F)(F)C(F)(F)C(F)(F)C(F)(F)C(F)F. The number of alkyl halides is 12. The second-order valence-corrected chi connectivity index (χ2v) is 4.35. The first kappa shape index (κ1) is 20.2. The zero-order valence-electron chi connectivity index (χ0n) is 10.0. The van der Waals surface area contributed by atoms with Gasteiger partial charge in [0.05, 0.1) is 0 Å². The molecule has 0 fully saturated rings. The first-order valence-corrected chi connectivity index (χ1v) is 5.07. The molecule has 0 bridgehead atoms.